The minimum Gasteiger partial charge on any atom is -0.355 e. The van der Waals surface area contributed by atoms with Crippen molar-refractivity contribution in [3.05, 3.63) is 94.5 Å². The molecule has 0 saturated heterocycles. The second kappa shape index (κ2) is 13.6. The number of anilines is 1. The van der Waals surface area contributed by atoms with E-state index >= 15 is 0 Å². The number of likely N-dealkylation sites (N-methyl/N-ethyl adjacent to an activating group) is 1. The molecule has 0 aliphatic carbocycles. The van der Waals surface area contributed by atoms with Crippen molar-refractivity contribution >= 4 is 50.7 Å². The third-order valence-corrected chi connectivity index (χ3v) is 8.61. The number of rotatable bonds is 12. The molecule has 1 atom stereocenters. The Hall–Kier alpha value is -3.07. The molecular formula is C28H31Cl2N3O4S. The number of nitrogens with zero attached hydrogens (tertiary/aromatic N) is 2. The van der Waals surface area contributed by atoms with E-state index in [-0.39, 0.29) is 33.1 Å². The average Bonchev–Trinajstić information content (AvgIpc) is 2.92. The van der Waals surface area contributed by atoms with E-state index < -0.39 is 28.5 Å². The van der Waals surface area contributed by atoms with Gasteiger partial charge in [-0.25, -0.2) is 8.42 Å². The Morgan fingerprint density at radius 1 is 0.895 bits per heavy atom. The number of hydrogen-bond donors (Lipinski definition) is 1. The monoisotopic (exact) mass is 575 g/mol. The number of amides is 2. The predicted octanol–water partition coefficient (Wildman–Crippen LogP) is 5.17. The molecular weight excluding hydrogens is 545 g/mol. The van der Waals surface area contributed by atoms with Crippen LogP contribution in [0.15, 0.2) is 83.8 Å². The highest BCUT2D eigenvalue weighted by Gasteiger charge is 2.34. The molecule has 0 saturated carbocycles. The highest BCUT2D eigenvalue weighted by molar-refractivity contribution is 7.92. The Labute approximate surface area is 234 Å². The zero-order chi connectivity index (χ0) is 27.7. The van der Waals surface area contributed by atoms with Gasteiger partial charge in [-0.2, -0.15) is 0 Å². The fraction of sp³-hybridized carbons (Fsp3) is 0.286. The number of benzene rings is 3. The number of halogens is 2. The van der Waals surface area contributed by atoms with Crippen molar-refractivity contribution < 1.29 is 18.0 Å². The topological polar surface area (TPSA) is 86.8 Å². The van der Waals surface area contributed by atoms with Crippen LogP contribution in [0.4, 0.5) is 5.69 Å². The fourth-order valence-corrected chi connectivity index (χ4v) is 6.00. The summed E-state index contributed by atoms with van der Waals surface area (Å²) in [5.41, 5.74) is 1.06. The van der Waals surface area contributed by atoms with Crippen LogP contribution < -0.4 is 9.62 Å². The Bertz CT molecular complexity index is 1340. The van der Waals surface area contributed by atoms with Gasteiger partial charge in [-0.05, 0) is 49.6 Å². The molecule has 202 valence electrons. The predicted molar refractivity (Wildman–Crippen MR) is 152 cm³/mol. The molecule has 0 aliphatic heterocycles. The second-order valence-corrected chi connectivity index (χ2v) is 11.2. The third kappa shape index (κ3) is 7.07. The van der Waals surface area contributed by atoms with Gasteiger partial charge in [-0.1, -0.05) is 84.7 Å². The second-order valence-electron chi connectivity index (χ2n) is 8.54. The lowest BCUT2D eigenvalue weighted by Crippen LogP contribution is -2.53. The maximum absolute atomic E-state index is 13.9. The first-order valence-corrected chi connectivity index (χ1v) is 14.5. The first-order valence-electron chi connectivity index (χ1n) is 12.3. The smallest absolute Gasteiger partial charge is 0.264 e. The van der Waals surface area contributed by atoms with Crippen LogP contribution in [0.3, 0.4) is 0 Å². The molecule has 0 heterocycles. The Balaban J connectivity index is 2.03. The van der Waals surface area contributed by atoms with Crippen LogP contribution >= 0.6 is 23.2 Å². The van der Waals surface area contributed by atoms with Gasteiger partial charge in [-0.3, -0.25) is 13.9 Å². The van der Waals surface area contributed by atoms with Crippen molar-refractivity contribution in [2.24, 2.45) is 0 Å². The Morgan fingerprint density at radius 3 is 2.13 bits per heavy atom. The van der Waals surface area contributed by atoms with Gasteiger partial charge in [0.1, 0.15) is 12.6 Å². The summed E-state index contributed by atoms with van der Waals surface area (Å²) in [5.74, 6) is -0.829. The van der Waals surface area contributed by atoms with Gasteiger partial charge in [0.15, 0.2) is 0 Å². The molecule has 0 aliphatic rings. The molecule has 1 N–H and O–H groups in total. The first kappa shape index (κ1) is 29.5. The first-order chi connectivity index (χ1) is 18.2. The summed E-state index contributed by atoms with van der Waals surface area (Å²) >= 11 is 12.7. The maximum Gasteiger partial charge on any atom is 0.264 e. The summed E-state index contributed by atoms with van der Waals surface area (Å²) in [4.78, 5) is 28.3. The number of carbonyl (C=O) groups excluding carboxylic acids is 2. The number of carbonyl (C=O) groups is 2. The summed E-state index contributed by atoms with van der Waals surface area (Å²) in [7, 11) is -4.21. The van der Waals surface area contributed by atoms with E-state index in [0.29, 0.717) is 19.4 Å². The van der Waals surface area contributed by atoms with Crippen molar-refractivity contribution in [3.63, 3.8) is 0 Å². The van der Waals surface area contributed by atoms with E-state index in [9.17, 15) is 18.0 Å². The van der Waals surface area contributed by atoms with Gasteiger partial charge in [0.25, 0.3) is 10.0 Å². The zero-order valence-electron chi connectivity index (χ0n) is 21.3. The van der Waals surface area contributed by atoms with Crippen LogP contribution in [0.1, 0.15) is 25.8 Å². The van der Waals surface area contributed by atoms with E-state index in [0.717, 1.165) is 9.87 Å². The molecule has 0 unspecified atom stereocenters. The van der Waals surface area contributed by atoms with E-state index in [4.69, 9.17) is 23.2 Å². The standard InChI is InChI=1S/C28H31Cl2N3O4S/c1-3-24(28(35)31-4-2)32(19-18-21-12-7-5-8-13-21)26(34)20-33(25-17-11-16-23(29)27(25)30)38(36,37)22-14-9-6-10-15-22/h5-17,24H,3-4,18-20H2,1-2H3,(H,31,35)/t24-/m0/s1. The highest BCUT2D eigenvalue weighted by atomic mass is 35.5. The van der Waals surface area contributed by atoms with Crippen molar-refractivity contribution in [2.75, 3.05) is 23.9 Å². The molecule has 2 amide bonds. The molecule has 3 aromatic rings. The largest absolute Gasteiger partial charge is 0.355 e. The normalized spacial score (nSPS) is 12.0. The number of sulfonamides is 1. The lowest BCUT2D eigenvalue weighted by atomic mass is 10.1. The highest BCUT2D eigenvalue weighted by Crippen LogP contribution is 2.35. The quantitative estimate of drug-likeness (QED) is 0.322. The van der Waals surface area contributed by atoms with Crippen LogP contribution in [0.25, 0.3) is 0 Å². The molecule has 3 aromatic carbocycles. The summed E-state index contributed by atoms with van der Waals surface area (Å²) in [6.45, 7) is 3.68. The molecule has 0 radical (unpaired) electrons. The minimum absolute atomic E-state index is 0.00422. The molecule has 10 heteroatoms. The van der Waals surface area contributed by atoms with Crippen molar-refractivity contribution in [3.8, 4) is 0 Å². The Kier molecular flexibility index (Phi) is 10.6. The molecule has 38 heavy (non-hydrogen) atoms. The average molecular weight is 577 g/mol. The van der Waals surface area contributed by atoms with Crippen molar-refractivity contribution in [1.82, 2.24) is 10.2 Å². The van der Waals surface area contributed by atoms with Crippen LogP contribution in [0.2, 0.25) is 10.0 Å². The van der Waals surface area contributed by atoms with E-state index in [1.807, 2.05) is 37.3 Å². The van der Waals surface area contributed by atoms with E-state index in [1.165, 1.54) is 29.2 Å². The van der Waals surface area contributed by atoms with Crippen LogP contribution in [-0.4, -0.2) is 50.8 Å². The van der Waals surface area contributed by atoms with Gasteiger partial charge in [0, 0.05) is 13.1 Å². The van der Waals surface area contributed by atoms with Gasteiger partial charge >= 0.3 is 0 Å². The number of nitrogens with one attached hydrogen (secondary N) is 1. The lowest BCUT2D eigenvalue weighted by Gasteiger charge is -2.33. The summed E-state index contributed by atoms with van der Waals surface area (Å²) < 4.78 is 28.5. The van der Waals surface area contributed by atoms with Gasteiger partial charge in [0.05, 0.1) is 20.6 Å². The maximum atomic E-state index is 13.9. The third-order valence-electron chi connectivity index (χ3n) is 6.03. The molecule has 3 rings (SSSR count). The molecule has 0 spiro atoms. The Morgan fingerprint density at radius 2 is 1.53 bits per heavy atom. The molecule has 0 bridgehead atoms. The van der Waals surface area contributed by atoms with Gasteiger partial charge in [-0.15, -0.1) is 0 Å². The summed E-state index contributed by atoms with van der Waals surface area (Å²) in [6, 6.07) is 21.2. The van der Waals surface area contributed by atoms with E-state index in [2.05, 4.69) is 5.32 Å². The van der Waals surface area contributed by atoms with E-state index in [1.54, 1.807) is 31.2 Å². The SMILES string of the molecule is CCNC(=O)[C@H](CC)N(CCc1ccccc1)C(=O)CN(c1cccc(Cl)c1Cl)S(=O)(=O)c1ccccc1. The van der Waals surface area contributed by atoms with Crippen LogP contribution in [0, 0.1) is 0 Å². The van der Waals surface area contributed by atoms with Gasteiger partial charge in [0.2, 0.25) is 11.8 Å². The minimum atomic E-state index is -4.21. The van der Waals surface area contributed by atoms with Gasteiger partial charge < -0.3 is 10.2 Å². The number of hydrogen-bond acceptors (Lipinski definition) is 4. The van der Waals surface area contributed by atoms with Crippen LogP contribution in [0.5, 0.6) is 0 Å². The molecule has 0 aromatic heterocycles. The summed E-state index contributed by atoms with van der Waals surface area (Å²) in [6.07, 6.45) is 0.849. The molecule has 0 fully saturated rings. The zero-order valence-corrected chi connectivity index (χ0v) is 23.6. The lowest BCUT2D eigenvalue weighted by molar-refractivity contribution is -0.139. The molecule has 7 nitrogen and oxygen atoms in total. The summed E-state index contributed by atoms with van der Waals surface area (Å²) in [5, 5.41) is 2.94. The van der Waals surface area contributed by atoms with Crippen molar-refractivity contribution in [2.45, 2.75) is 37.6 Å². The van der Waals surface area contributed by atoms with Crippen molar-refractivity contribution in [1.29, 1.82) is 0 Å². The fourth-order valence-electron chi connectivity index (χ4n) is 4.11. The van der Waals surface area contributed by atoms with Crippen LogP contribution in [-0.2, 0) is 26.0 Å².